The summed E-state index contributed by atoms with van der Waals surface area (Å²) in [4.78, 5) is 4.17. The summed E-state index contributed by atoms with van der Waals surface area (Å²) < 4.78 is 13.9. The van der Waals surface area contributed by atoms with E-state index in [2.05, 4.69) is 32.3 Å². The number of benzene rings is 1. The minimum absolute atomic E-state index is 0.194. The first kappa shape index (κ1) is 14.2. The van der Waals surface area contributed by atoms with Crippen LogP contribution in [0.25, 0.3) is 0 Å². The molecule has 0 fully saturated rings. The van der Waals surface area contributed by atoms with Crippen LogP contribution in [0.5, 0.6) is 0 Å². The topological polar surface area (TPSA) is 24.9 Å². The van der Waals surface area contributed by atoms with Crippen LogP contribution in [-0.2, 0) is 12.8 Å². The molecule has 2 aromatic rings. The molecule has 0 spiro atoms. The largest absolute Gasteiger partial charge is 0.316 e. The summed E-state index contributed by atoms with van der Waals surface area (Å²) in [5.74, 6) is -0.194. The maximum atomic E-state index is 12.9. The molecule has 0 saturated heterocycles. The Morgan fingerprint density at radius 2 is 1.84 bits per heavy atom. The van der Waals surface area contributed by atoms with E-state index in [9.17, 15) is 4.39 Å². The molecule has 2 nitrogen and oxygen atoms in total. The number of rotatable bonds is 5. The standard InChI is InChI=1S/C15H16BrFN2/c1-18-15(7-11-2-4-14(17)5-3-11)8-12-6-13(16)10-19-9-12/h2-6,9-10,15,18H,7-8H2,1H3. The molecule has 0 saturated carbocycles. The SMILES string of the molecule is CNC(Cc1ccc(F)cc1)Cc1cncc(Br)c1. The third-order valence-electron chi connectivity index (χ3n) is 3.05. The Labute approximate surface area is 121 Å². The highest BCUT2D eigenvalue weighted by molar-refractivity contribution is 9.10. The van der Waals surface area contributed by atoms with E-state index in [1.54, 1.807) is 6.20 Å². The number of hydrogen-bond acceptors (Lipinski definition) is 2. The highest BCUT2D eigenvalue weighted by Gasteiger charge is 2.09. The fourth-order valence-electron chi connectivity index (χ4n) is 2.03. The predicted octanol–water partition coefficient (Wildman–Crippen LogP) is 3.36. The summed E-state index contributed by atoms with van der Waals surface area (Å²) in [5.41, 5.74) is 2.31. The van der Waals surface area contributed by atoms with Gasteiger partial charge < -0.3 is 5.32 Å². The fraction of sp³-hybridized carbons (Fsp3) is 0.267. The summed E-state index contributed by atoms with van der Waals surface area (Å²) in [6, 6.07) is 9.05. The van der Waals surface area contributed by atoms with Crippen LogP contribution in [0.4, 0.5) is 4.39 Å². The molecule has 100 valence electrons. The maximum Gasteiger partial charge on any atom is 0.123 e. The maximum absolute atomic E-state index is 12.9. The van der Waals surface area contributed by atoms with E-state index < -0.39 is 0 Å². The highest BCUT2D eigenvalue weighted by atomic mass is 79.9. The Bertz CT molecular complexity index is 528. The van der Waals surface area contributed by atoms with E-state index in [4.69, 9.17) is 0 Å². The molecule has 0 radical (unpaired) electrons. The van der Waals surface area contributed by atoms with Crippen molar-refractivity contribution in [3.63, 3.8) is 0 Å². The quantitative estimate of drug-likeness (QED) is 0.913. The lowest BCUT2D eigenvalue weighted by molar-refractivity contribution is 0.554. The molecule has 19 heavy (non-hydrogen) atoms. The van der Waals surface area contributed by atoms with E-state index in [0.29, 0.717) is 6.04 Å². The van der Waals surface area contributed by atoms with Crippen molar-refractivity contribution in [3.8, 4) is 0 Å². The van der Waals surface area contributed by atoms with Crippen molar-refractivity contribution in [2.75, 3.05) is 7.05 Å². The minimum atomic E-state index is -0.194. The van der Waals surface area contributed by atoms with Crippen molar-refractivity contribution in [1.82, 2.24) is 10.3 Å². The lowest BCUT2D eigenvalue weighted by Crippen LogP contribution is -2.29. The van der Waals surface area contributed by atoms with Gasteiger partial charge in [-0.1, -0.05) is 12.1 Å². The molecule has 4 heteroatoms. The Balaban J connectivity index is 2.02. The highest BCUT2D eigenvalue weighted by Crippen LogP contribution is 2.13. The lowest BCUT2D eigenvalue weighted by atomic mass is 10.00. The summed E-state index contributed by atoms with van der Waals surface area (Å²) in [6.07, 6.45) is 5.40. The van der Waals surface area contributed by atoms with E-state index in [1.165, 1.54) is 17.7 Å². The normalized spacial score (nSPS) is 12.4. The fourth-order valence-corrected chi connectivity index (χ4v) is 2.45. The zero-order chi connectivity index (χ0) is 13.7. The smallest absolute Gasteiger partial charge is 0.123 e. The zero-order valence-corrected chi connectivity index (χ0v) is 12.3. The number of hydrogen-bond donors (Lipinski definition) is 1. The van der Waals surface area contributed by atoms with Gasteiger partial charge in [-0.25, -0.2) is 4.39 Å². The lowest BCUT2D eigenvalue weighted by Gasteiger charge is -2.16. The van der Waals surface area contributed by atoms with Gasteiger partial charge in [-0.05, 0) is 65.1 Å². The van der Waals surface area contributed by atoms with Crippen molar-refractivity contribution in [2.24, 2.45) is 0 Å². The number of halogens is 2. The predicted molar refractivity (Wildman–Crippen MR) is 78.6 cm³/mol. The van der Waals surface area contributed by atoms with Crippen LogP contribution >= 0.6 is 15.9 Å². The second-order valence-corrected chi connectivity index (χ2v) is 5.45. The molecular weight excluding hydrogens is 307 g/mol. The molecule has 0 aliphatic heterocycles. The van der Waals surface area contributed by atoms with Crippen LogP contribution in [0.2, 0.25) is 0 Å². The van der Waals surface area contributed by atoms with E-state index in [-0.39, 0.29) is 5.82 Å². The van der Waals surface area contributed by atoms with Gasteiger partial charge in [0, 0.05) is 22.9 Å². The van der Waals surface area contributed by atoms with Gasteiger partial charge in [0.25, 0.3) is 0 Å². The molecule has 0 bridgehead atoms. The van der Waals surface area contributed by atoms with Crippen LogP contribution in [0.3, 0.4) is 0 Å². The van der Waals surface area contributed by atoms with Crippen molar-refractivity contribution in [1.29, 1.82) is 0 Å². The molecule has 1 aromatic carbocycles. The van der Waals surface area contributed by atoms with Crippen molar-refractivity contribution in [2.45, 2.75) is 18.9 Å². The average molecular weight is 323 g/mol. The third-order valence-corrected chi connectivity index (χ3v) is 3.48. The Hall–Kier alpha value is -1.26. The number of pyridine rings is 1. The van der Waals surface area contributed by atoms with Crippen molar-refractivity contribution < 1.29 is 4.39 Å². The summed E-state index contributed by atoms with van der Waals surface area (Å²) in [5, 5.41) is 3.30. The first-order valence-electron chi connectivity index (χ1n) is 6.18. The van der Waals surface area contributed by atoms with Crippen molar-refractivity contribution in [3.05, 3.63) is 64.1 Å². The molecule has 0 aliphatic carbocycles. The van der Waals surface area contributed by atoms with Crippen LogP contribution < -0.4 is 5.32 Å². The first-order valence-corrected chi connectivity index (χ1v) is 6.98. The van der Waals surface area contributed by atoms with Gasteiger partial charge in [0.2, 0.25) is 0 Å². The van der Waals surface area contributed by atoms with Gasteiger partial charge in [-0.2, -0.15) is 0 Å². The Morgan fingerprint density at radius 3 is 2.47 bits per heavy atom. The Morgan fingerprint density at radius 1 is 1.16 bits per heavy atom. The molecule has 0 amide bonds. The monoisotopic (exact) mass is 322 g/mol. The molecule has 0 aliphatic rings. The average Bonchev–Trinajstić information content (AvgIpc) is 2.40. The van der Waals surface area contributed by atoms with Gasteiger partial charge in [0.05, 0.1) is 0 Å². The molecular formula is C15H16BrFN2. The van der Waals surface area contributed by atoms with E-state index >= 15 is 0 Å². The van der Waals surface area contributed by atoms with Crippen LogP contribution in [-0.4, -0.2) is 18.1 Å². The van der Waals surface area contributed by atoms with Crippen LogP contribution in [0.15, 0.2) is 47.2 Å². The first-order chi connectivity index (χ1) is 9.17. The molecule has 1 atom stereocenters. The minimum Gasteiger partial charge on any atom is -0.316 e. The summed E-state index contributed by atoms with van der Waals surface area (Å²) in [7, 11) is 1.94. The van der Waals surface area contributed by atoms with E-state index in [1.807, 2.05) is 25.4 Å². The number of nitrogens with one attached hydrogen (secondary N) is 1. The van der Waals surface area contributed by atoms with Crippen LogP contribution in [0.1, 0.15) is 11.1 Å². The molecule has 1 unspecified atom stereocenters. The third kappa shape index (κ3) is 4.40. The molecule has 1 N–H and O–H groups in total. The van der Waals surface area contributed by atoms with Gasteiger partial charge in [0.15, 0.2) is 0 Å². The van der Waals surface area contributed by atoms with E-state index in [0.717, 1.165) is 22.9 Å². The van der Waals surface area contributed by atoms with Crippen LogP contribution in [0, 0.1) is 5.82 Å². The molecule has 1 heterocycles. The summed E-state index contributed by atoms with van der Waals surface area (Å²) >= 11 is 3.42. The van der Waals surface area contributed by atoms with Gasteiger partial charge in [0.1, 0.15) is 5.82 Å². The van der Waals surface area contributed by atoms with Gasteiger partial charge in [-0.3, -0.25) is 4.98 Å². The van der Waals surface area contributed by atoms with Gasteiger partial charge >= 0.3 is 0 Å². The van der Waals surface area contributed by atoms with Crippen molar-refractivity contribution >= 4 is 15.9 Å². The number of likely N-dealkylation sites (N-methyl/N-ethyl adjacent to an activating group) is 1. The van der Waals surface area contributed by atoms with Gasteiger partial charge in [-0.15, -0.1) is 0 Å². The second-order valence-electron chi connectivity index (χ2n) is 4.53. The Kier molecular flexibility index (Phi) is 5.05. The second kappa shape index (κ2) is 6.78. The summed E-state index contributed by atoms with van der Waals surface area (Å²) in [6.45, 7) is 0. The molecule has 1 aromatic heterocycles. The number of aromatic nitrogens is 1. The zero-order valence-electron chi connectivity index (χ0n) is 10.7. The number of nitrogens with zero attached hydrogens (tertiary/aromatic N) is 1. The molecule has 2 rings (SSSR count).